The quantitative estimate of drug-likeness (QED) is 0.436. The van der Waals surface area contributed by atoms with Gasteiger partial charge >= 0.3 is 12.3 Å². The lowest BCUT2D eigenvalue weighted by atomic mass is 9.91. The lowest BCUT2D eigenvalue weighted by Gasteiger charge is -2.35. The Bertz CT molecular complexity index is 718. The van der Waals surface area contributed by atoms with Crippen LogP contribution in [0.4, 0.5) is 18.0 Å². The molecule has 6 nitrogen and oxygen atoms in total. The second-order valence-corrected chi connectivity index (χ2v) is 7.16. The third-order valence-electron chi connectivity index (χ3n) is 4.94. The predicted octanol–water partition coefficient (Wildman–Crippen LogP) is 4.46. The molecule has 0 spiro atoms. The molecule has 4 unspecified atom stereocenters. The number of hydrogen-bond acceptors (Lipinski definition) is 6. The summed E-state index contributed by atoms with van der Waals surface area (Å²) in [5, 5.41) is 0. The van der Waals surface area contributed by atoms with Crippen molar-refractivity contribution in [3.05, 3.63) is 35.4 Å². The third-order valence-corrected chi connectivity index (χ3v) is 4.94. The Morgan fingerprint density at radius 1 is 1.28 bits per heavy atom. The van der Waals surface area contributed by atoms with E-state index < -0.39 is 36.1 Å². The van der Waals surface area contributed by atoms with Crippen molar-refractivity contribution in [3.8, 4) is 0 Å². The zero-order valence-corrected chi connectivity index (χ0v) is 16.7. The van der Waals surface area contributed by atoms with E-state index in [1.807, 2.05) is 13.8 Å². The number of cyclic esters (lactones) is 2. The van der Waals surface area contributed by atoms with Crippen LogP contribution >= 0.6 is 0 Å². The predicted molar refractivity (Wildman–Crippen MR) is 96.3 cm³/mol. The molecular formula is C20H25F3O6. The standard InChI is InChI=1S/C20H25F3O6/c1-5-12(2)14-6-8-15(9-7-14)19(4,20(21,22)23)29-17(13(3)24)26-10-16-11-27-18(25)28-16/h6-9,12,16-17H,5,10-11H2,1-4H3. The van der Waals surface area contributed by atoms with E-state index in [0.29, 0.717) is 0 Å². The molecular weight excluding hydrogens is 393 g/mol. The summed E-state index contributed by atoms with van der Waals surface area (Å²) in [6.07, 6.45) is -7.48. The van der Waals surface area contributed by atoms with Gasteiger partial charge in [-0.05, 0) is 37.3 Å². The van der Waals surface area contributed by atoms with Crippen molar-refractivity contribution in [1.29, 1.82) is 0 Å². The van der Waals surface area contributed by atoms with Crippen LogP contribution in [0, 0.1) is 0 Å². The van der Waals surface area contributed by atoms with Gasteiger partial charge in [0.25, 0.3) is 0 Å². The molecule has 1 aromatic carbocycles. The summed E-state index contributed by atoms with van der Waals surface area (Å²) in [4.78, 5) is 22.8. The van der Waals surface area contributed by atoms with Gasteiger partial charge in [0.1, 0.15) is 6.61 Å². The number of benzene rings is 1. The molecule has 0 amide bonds. The lowest BCUT2D eigenvalue weighted by Crippen LogP contribution is -2.47. The van der Waals surface area contributed by atoms with Crippen LogP contribution in [0.15, 0.2) is 24.3 Å². The summed E-state index contributed by atoms with van der Waals surface area (Å²) in [5.41, 5.74) is -2.02. The minimum absolute atomic E-state index is 0.114. The molecule has 1 heterocycles. The SMILES string of the molecule is CCC(C)c1ccc(C(C)(OC(OCC2COC(=O)O2)C(C)=O)C(F)(F)F)cc1. The molecule has 0 radical (unpaired) electrons. The molecule has 1 saturated heterocycles. The van der Waals surface area contributed by atoms with E-state index in [1.165, 1.54) is 12.1 Å². The summed E-state index contributed by atoms with van der Waals surface area (Å²) in [6.45, 7) is 5.43. The van der Waals surface area contributed by atoms with E-state index in [2.05, 4.69) is 4.74 Å². The van der Waals surface area contributed by atoms with Gasteiger partial charge in [0.2, 0.25) is 6.29 Å². The van der Waals surface area contributed by atoms with E-state index in [1.54, 1.807) is 12.1 Å². The Kier molecular flexibility index (Phi) is 7.29. The summed E-state index contributed by atoms with van der Waals surface area (Å²) >= 11 is 0. The van der Waals surface area contributed by atoms with Gasteiger partial charge < -0.3 is 18.9 Å². The first-order valence-electron chi connectivity index (χ1n) is 9.28. The zero-order chi connectivity index (χ0) is 21.8. The molecule has 1 aliphatic heterocycles. The first kappa shape index (κ1) is 23.2. The van der Waals surface area contributed by atoms with Crippen LogP contribution in [0.5, 0.6) is 0 Å². The number of carbonyl (C=O) groups is 2. The largest absolute Gasteiger partial charge is 0.508 e. The Hall–Kier alpha value is -2.13. The average molecular weight is 418 g/mol. The Morgan fingerprint density at radius 3 is 2.34 bits per heavy atom. The summed E-state index contributed by atoms with van der Waals surface area (Å²) in [6, 6.07) is 5.93. The zero-order valence-electron chi connectivity index (χ0n) is 16.7. The van der Waals surface area contributed by atoms with Crippen molar-refractivity contribution in [3.63, 3.8) is 0 Å². The number of ether oxygens (including phenoxy) is 4. The van der Waals surface area contributed by atoms with E-state index in [4.69, 9.17) is 14.2 Å². The molecule has 0 bridgehead atoms. The maximum absolute atomic E-state index is 14.0. The van der Waals surface area contributed by atoms with Gasteiger partial charge in [-0.1, -0.05) is 38.1 Å². The summed E-state index contributed by atoms with van der Waals surface area (Å²) in [5.74, 6) is -0.548. The Labute approximate surface area is 167 Å². The molecule has 162 valence electrons. The maximum atomic E-state index is 14.0. The number of rotatable bonds is 9. The number of ketones is 1. The van der Waals surface area contributed by atoms with Gasteiger partial charge in [-0.3, -0.25) is 4.79 Å². The molecule has 29 heavy (non-hydrogen) atoms. The first-order chi connectivity index (χ1) is 13.5. The highest BCUT2D eigenvalue weighted by Gasteiger charge is 2.55. The highest BCUT2D eigenvalue weighted by atomic mass is 19.4. The average Bonchev–Trinajstić information content (AvgIpc) is 3.08. The highest BCUT2D eigenvalue weighted by molar-refractivity contribution is 5.79. The van der Waals surface area contributed by atoms with Crippen LogP contribution < -0.4 is 0 Å². The molecule has 0 aliphatic carbocycles. The third kappa shape index (κ3) is 5.48. The van der Waals surface area contributed by atoms with Crippen molar-refractivity contribution < 1.29 is 41.7 Å². The van der Waals surface area contributed by atoms with Crippen molar-refractivity contribution in [1.82, 2.24) is 0 Å². The summed E-state index contributed by atoms with van der Waals surface area (Å²) < 4.78 is 61.6. The second-order valence-electron chi connectivity index (χ2n) is 7.16. The van der Waals surface area contributed by atoms with Crippen molar-refractivity contribution in [2.45, 2.75) is 64.2 Å². The topological polar surface area (TPSA) is 71.1 Å². The lowest BCUT2D eigenvalue weighted by molar-refractivity contribution is -0.318. The van der Waals surface area contributed by atoms with Gasteiger partial charge in [0, 0.05) is 0 Å². The molecule has 0 aromatic heterocycles. The monoisotopic (exact) mass is 418 g/mol. The maximum Gasteiger partial charge on any atom is 0.508 e. The fourth-order valence-electron chi connectivity index (χ4n) is 2.75. The van der Waals surface area contributed by atoms with E-state index in [-0.39, 0.29) is 24.7 Å². The molecule has 2 rings (SSSR count). The number of Topliss-reactive ketones (excluding diaryl/α,β-unsaturated/α-hetero) is 1. The molecule has 9 heteroatoms. The first-order valence-corrected chi connectivity index (χ1v) is 9.28. The van der Waals surface area contributed by atoms with Gasteiger partial charge in [0.05, 0.1) is 6.61 Å². The minimum atomic E-state index is -4.81. The van der Waals surface area contributed by atoms with Gasteiger partial charge in [0.15, 0.2) is 17.5 Å². The fraction of sp³-hybridized carbons (Fsp3) is 0.600. The van der Waals surface area contributed by atoms with Crippen molar-refractivity contribution >= 4 is 11.9 Å². The number of halogens is 3. The van der Waals surface area contributed by atoms with Crippen LogP contribution in [0.3, 0.4) is 0 Å². The smallest absolute Gasteiger partial charge is 0.430 e. The van der Waals surface area contributed by atoms with E-state index >= 15 is 0 Å². The van der Waals surface area contributed by atoms with Gasteiger partial charge in [-0.15, -0.1) is 0 Å². The molecule has 4 atom stereocenters. The molecule has 0 saturated carbocycles. The number of carbonyl (C=O) groups excluding carboxylic acids is 2. The summed E-state index contributed by atoms with van der Waals surface area (Å²) in [7, 11) is 0. The molecule has 1 fully saturated rings. The van der Waals surface area contributed by atoms with Gasteiger partial charge in [-0.25, -0.2) is 4.79 Å². The van der Waals surface area contributed by atoms with Crippen molar-refractivity contribution in [2.24, 2.45) is 0 Å². The van der Waals surface area contributed by atoms with E-state index in [9.17, 15) is 22.8 Å². The number of hydrogen-bond donors (Lipinski definition) is 0. The highest BCUT2D eigenvalue weighted by Crippen LogP contribution is 2.43. The fourth-order valence-corrected chi connectivity index (χ4v) is 2.75. The van der Waals surface area contributed by atoms with Crippen LogP contribution in [0.1, 0.15) is 51.2 Å². The molecule has 0 N–H and O–H groups in total. The van der Waals surface area contributed by atoms with Crippen LogP contribution in [0.2, 0.25) is 0 Å². The second kappa shape index (κ2) is 9.13. The van der Waals surface area contributed by atoms with Crippen LogP contribution in [-0.2, 0) is 29.3 Å². The van der Waals surface area contributed by atoms with Crippen molar-refractivity contribution in [2.75, 3.05) is 13.2 Å². The van der Waals surface area contributed by atoms with Crippen LogP contribution in [0.25, 0.3) is 0 Å². The van der Waals surface area contributed by atoms with E-state index in [0.717, 1.165) is 25.8 Å². The minimum Gasteiger partial charge on any atom is -0.430 e. The Balaban J connectivity index is 2.22. The molecule has 1 aromatic rings. The molecule has 1 aliphatic rings. The normalized spacial score (nSPS) is 21.1. The van der Waals surface area contributed by atoms with Crippen LogP contribution in [-0.4, -0.2) is 43.7 Å². The van der Waals surface area contributed by atoms with Gasteiger partial charge in [-0.2, -0.15) is 13.2 Å². The number of alkyl halides is 3. The Morgan fingerprint density at radius 2 is 1.90 bits per heavy atom.